The summed E-state index contributed by atoms with van der Waals surface area (Å²) in [6.07, 6.45) is 1.35. The zero-order chi connectivity index (χ0) is 9.53. The van der Waals surface area contributed by atoms with Gasteiger partial charge in [-0.15, -0.1) is 0 Å². The first-order valence-electron chi connectivity index (χ1n) is 5.80. The van der Waals surface area contributed by atoms with E-state index in [1.54, 1.807) is 0 Å². The maximum Gasteiger partial charge on any atom is 0.129 e. The van der Waals surface area contributed by atoms with E-state index in [0.29, 0.717) is 0 Å². The van der Waals surface area contributed by atoms with Gasteiger partial charge in [-0.2, -0.15) is 0 Å². The molecule has 3 fully saturated rings. The van der Waals surface area contributed by atoms with Crippen LogP contribution in [0.5, 0.6) is 0 Å². The van der Waals surface area contributed by atoms with E-state index in [2.05, 4.69) is 20.9 Å². The van der Waals surface area contributed by atoms with Gasteiger partial charge in [0.05, 0.1) is 13.1 Å². The van der Waals surface area contributed by atoms with Crippen molar-refractivity contribution in [3.63, 3.8) is 0 Å². The van der Waals surface area contributed by atoms with Crippen molar-refractivity contribution >= 4 is 0 Å². The molecule has 0 amide bonds. The molecule has 2 bridgehead atoms. The second kappa shape index (κ2) is 2.96. The number of nitrogens with zero attached hydrogens (tertiary/aromatic N) is 2. The molecule has 76 valence electrons. The third-order valence-electron chi connectivity index (χ3n) is 4.78. The van der Waals surface area contributed by atoms with E-state index in [1.165, 1.54) is 54.7 Å². The number of hydrogen-bond acceptors (Lipinski definition) is 0. The summed E-state index contributed by atoms with van der Waals surface area (Å²) in [4.78, 5) is 0. The Labute approximate surface area is 82.3 Å². The van der Waals surface area contributed by atoms with Crippen molar-refractivity contribution in [1.82, 2.24) is 0 Å². The number of likely N-dealkylation sites (N-methyl/N-ethyl adjacent to an activating group) is 1. The number of quaternary nitrogens is 2. The van der Waals surface area contributed by atoms with E-state index in [4.69, 9.17) is 0 Å². The topological polar surface area (TPSA) is 0 Å². The highest BCUT2D eigenvalue weighted by molar-refractivity contribution is 4.63. The van der Waals surface area contributed by atoms with Crippen LogP contribution in [0.25, 0.3) is 0 Å². The van der Waals surface area contributed by atoms with Crippen molar-refractivity contribution in [3.05, 3.63) is 0 Å². The zero-order valence-corrected chi connectivity index (χ0v) is 9.42. The van der Waals surface area contributed by atoms with Crippen LogP contribution >= 0.6 is 0 Å². The largest absolute Gasteiger partial charge is 0.312 e. The minimum absolute atomic E-state index is 0.897. The van der Waals surface area contributed by atoms with Gasteiger partial charge in [0.2, 0.25) is 0 Å². The fourth-order valence-corrected chi connectivity index (χ4v) is 3.04. The molecular formula is C11H24N2+2. The van der Waals surface area contributed by atoms with E-state index in [0.717, 1.165) is 6.04 Å². The molecule has 0 aromatic rings. The number of piperazine rings is 3. The maximum atomic E-state index is 2.45. The van der Waals surface area contributed by atoms with Crippen LogP contribution in [-0.4, -0.2) is 61.3 Å². The molecular weight excluding hydrogens is 160 g/mol. The molecule has 0 aliphatic carbocycles. The summed E-state index contributed by atoms with van der Waals surface area (Å²) in [6.45, 7) is 13.4. The fourth-order valence-electron chi connectivity index (χ4n) is 3.04. The van der Waals surface area contributed by atoms with Gasteiger partial charge in [-0.1, -0.05) is 6.92 Å². The summed E-state index contributed by atoms with van der Waals surface area (Å²) in [5.41, 5.74) is 0. The van der Waals surface area contributed by atoms with Gasteiger partial charge >= 0.3 is 0 Å². The van der Waals surface area contributed by atoms with E-state index >= 15 is 0 Å². The molecule has 0 saturated carbocycles. The van der Waals surface area contributed by atoms with Crippen molar-refractivity contribution in [2.45, 2.75) is 26.3 Å². The zero-order valence-electron chi connectivity index (χ0n) is 9.42. The first kappa shape index (κ1) is 9.47. The van der Waals surface area contributed by atoms with E-state index in [-0.39, 0.29) is 0 Å². The van der Waals surface area contributed by atoms with Gasteiger partial charge in [-0.25, -0.2) is 0 Å². The van der Waals surface area contributed by atoms with Gasteiger partial charge in [-0.05, 0) is 13.3 Å². The van der Waals surface area contributed by atoms with Crippen LogP contribution in [0.15, 0.2) is 0 Å². The monoisotopic (exact) mass is 184 g/mol. The molecule has 3 heterocycles. The summed E-state index contributed by atoms with van der Waals surface area (Å²) in [7, 11) is 2.43. The molecule has 3 rings (SSSR count). The minimum Gasteiger partial charge on any atom is -0.312 e. The number of fused-ring (bicyclic) bond motifs is 3. The van der Waals surface area contributed by atoms with Crippen LogP contribution in [0.1, 0.15) is 20.3 Å². The van der Waals surface area contributed by atoms with E-state index in [1.807, 2.05) is 0 Å². The van der Waals surface area contributed by atoms with Crippen molar-refractivity contribution in [1.29, 1.82) is 0 Å². The third-order valence-corrected chi connectivity index (χ3v) is 4.78. The van der Waals surface area contributed by atoms with Gasteiger partial charge in [0.15, 0.2) is 0 Å². The molecule has 13 heavy (non-hydrogen) atoms. The van der Waals surface area contributed by atoms with Crippen LogP contribution < -0.4 is 0 Å². The first-order valence-corrected chi connectivity index (χ1v) is 5.80. The van der Waals surface area contributed by atoms with Gasteiger partial charge in [0.1, 0.15) is 39.3 Å². The van der Waals surface area contributed by atoms with Crippen molar-refractivity contribution < 1.29 is 8.97 Å². The molecule has 0 radical (unpaired) electrons. The van der Waals surface area contributed by atoms with Crippen molar-refractivity contribution in [3.8, 4) is 0 Å². The summed E-state index contributed by atoms with van der Waals surface area (Å²) in [6, 6.07) is 0.897. The number of hydrogen-bond donors (Lipinski definition) is 0. The van der Waals surface area contributed by atoms with Crippen LogP contribution in [-0.2, 0) is 0 Å². The lowest BCUT2D eigenvalue weighted by Crippen LogP contribution is -2.75. The predicted octanol–water partition coefficient (Wildman–Crippen LogP) is 1.08. The molecule has 2 nitrogen and oxygen atoms in total. The van der Waals surface area contributed by atoms with Gasteiger partial charge in [0, 0.05) is 0 Å². The van der Waals surface area contributed by atoms with Crippen LogP contribution in [0.3, 0.4) is 0 Å². The molecule has 3 aliphatic heterocycles. The normalized spacial score (nSPS) is 46.4. The summed E-state index contributed by atoms with van der Waals surface area (Å²) in [5.74, 6) is 0. The fraction of sp³-hybridized carbons (Fsp3) is 1.00. The van der Waals surface area contributed by atoms with Crippen LogP contribution in [0.4, 0.5) is 0 Å². The highest BCUT2D eigenvalue weighted by Crippen LogP contribution is 2.28. The second-order valence-electron chi connectivity index (χ2n) is 5.44. The first-order chi connectivity index (χ1) is 6.10. The second-order valence-corrected chi connectivity index (χ2v) is 5.44. The van der Waals surface area contributed by atoms with Crippen molar-refractivity contribution in [2.24, 2.45) is 0 Å². The summed E-state index contributed by atoms with van der Waals surface area (Å²) >= 11 is 0. The lowest BCUT2D eigenvalue weighted by molar-refractivity contribution is -1.08. The SMILES string of the molecule is CCC(C)[N+]12CC[N+](C)(CC1)CC2. The Kier molecular flexibility index (Phi) is 2.16. The Morgan fingerprint density at radius 2 is 1.46 bits per heavy atom. The highest BCUT2D eigenvalue weighted by Gasteiger charge is 2.48. The van der Waals surface area contributed by atoms with Gasteiger partial charge < -0.3 is 8.97 Å². The third kappa shape index (κ3) is 1.40. The summed E-state index contributed by atoms with van der Waals surface area (Å²) < 4.78 is 2.79. The molecule has 1 unspecified atom stereocenters. The van der Waals surface area contributed by atoms with Gasteiger partial charge in [-0.3, -0.25) is 0 Å². The molecule has 2 heteroatoms. The maximum absolute atomic E-state index is 2.45. The van der Waals surface area contributed by atoms with Gasteiger partial charge in [0.25, 0.3) is 0 Å². The minimum atomic E-state index is 0.897. The number of rotatable bonds is 2. The molecule has 0 aromatic heterocycles. The average Bonchev–Trinajstić information content (AvgIpc) is 2.18. The van der Waals surface area contributed by atoms with Crippen molar-refractivity contribution in [2.75, 3.05) is 46.3 Å². The summed E-state index contributed by atoms with van der Waals surface area (Å²) in [5, 5.41) is 0. The molecule has 0 N–H and O–H groups in total. The molecule has 3 saturated heterocycles. The predicted molar refractivity (Wildman–Crippen MR) is 55.4 cm³/mol. The Morgan fingerprint density at radius 1 is 1.00 bits per heavy atom. The average molecular weight is 184 g/mol. The smallest absolute Gasteiger partial charge is 0.129 e. The Balaban J connectivity index is 2.11. The quantitative estimate of drug-likeness (QED) is 0.563. The Hall–Kier alpha value is -0.0800. The van der Waals surface area contributed by atoms with Crippen LogP contribution in [0, 0.1) is 0 Å². The molecule has 3 aliphatic rings. The standard InChI is InChI=1S/C11H24N2/c1-4-11(2)13-8-5-12(3,6-9-13)7-10-13/h11H,4-10H2,1-3H3/q+2. The van der Waals surface area contributed by atoms with Crippen LogP contribution in [0.2, 0.25) is 0 Å². The molecule has 0 spiro atoms. The lowest BCUT2D eigenvalue weighted by atomic mass is 10.0. The lowest BCUT2D eigenvalue weighted by Gasteiger charge is -2.56. The Bertz CT molecular complexity index is 176. The molecule has 1 atom stereocenters. The van der Waals surface area contributed by atoms with E-state index < -0.39 is 0 Å². The molecule has 0 aromatic carbocycles. The van der Waals surface area contributed by atoms with E-state index in [9.17, 15) is 0 Å². The Morgan fingerprint density at radius 3 is 1.85 bits per heavy atom. The highest BCUT2D eigenvalue weighted by atomic mass is 15.5.